The Balaban J connectivity index is 1.71. The number of hydrogen-bond acceptors (Lipinski definition) is 5. The normalized spacial score (nSPS) is 19.7. The predicted molar refractivity (Wildman–Crippen MR) is 102 cm³/mol. The van der Waals surface area contributed by atoms with Crippen molar-refractivity contribution in [3.8, 4) is 0 Å². The molecule has 2 N–H and O–H groups in total. The Bertz CT molecular complexity index is 919. The Hall–Kier alpha value is -2.87. The molecule has 0 aliphatic carbocycles. The van der Waals surface area contributed by atoms with Crippen molar-refractivity contribution in [3.05, 3.63) is 65.5 Å². The second-order valence-corrected chi connectivity index (χ2v) is 7.64. The number of halogens is 1. The Morgan fingerprint density at radius 1 is 1.18 bits per heavy atom. The van der Waals surface area contributed by atoms with E-state index in [1.807, 2.05) is 0 Å². The summed E-state index contributed by atoms with van der Waals surface area (Å²) in [5, 5.41) is 4.80. The maximum atomic E-state index is 13.1. The van der Waals surface area contributed by atoms with E-state index in [9.17, 15) is 18.8 Å². The number of urea groups is 1. The van der Waals surface area contributed by atoms with E-state index in [1.54, 1.807) is 50.2 Å². The molecule has 1 aliphatic rings. The van der Waals surface area contributed by atoms with Gasteiger partial charge in [0.15, 0.2) is 0 Å². The van der Waals surface area contributed by atoms with Crippen LogP contribution in [-0.2, 0) is 9.53 Å². The number of thioether (sulfide) groups is 1. The lowest BCUT2D eigenvalue weighted by Crippen LogP contribution is -2.46. The first-order valence-electron chi connectivity index (χ1n) is 8.60. The van der Waals surface area contributed by atoms with Gasteiger partial charge in [-0.05, 0) is 43.7 Å². The number of rotatable bonds is 6. The van der Waals surface area contributed by atoms with E-state index in [-0.39, 0.29) is 11.6 Å². The van der Waals surface area contributed by atoms with E-state index in [4.69, 9.17) is 4.74 Å². The molecule has 146 valence electrons. The van der Waals surface area contributed by atoms with Crippen molar-refractivity contribution in [2.24, 2.45) is 0 Å². The summed E-state index contributed by atoms with van der Waals surface area (Å²) in [7, 11) is 0. The number of amides is 3. The van der Waals surface area contributed by atoms with Crippen LogP contribution in [0.4, 0.5) is 9.18 Å². The van der Waals surface area contributed by atoms with Crippen molar-refractivity contribution in [1.29, 1.82) is 0 Å². The third-order valence-electron chi connectivity index (χ3n) is 4.36. The molecular formula is C20H19FN2O4S. The van der Waals surface area contributed by atoms with Gasteiger partial charge in [0.25, 0.3) is 5.91 Å². The van der Waals surface area contributed by atoms with Crippen LogP contribution >= 0.6 is 11.8 Å². The summed E-state index contributed by atoms with van der Waals surface area (Å²) in [6.07, 6.45) is -0.552. The van der Waals surface area contributed by atoms with Gasteiger partial charge in [0.05, 0.1) is 5.56 Å². The molecule has 8 heteroatoms. The standard InChI is InChI=1S/C20H19FN2O4S/c1-12(13-7-9-14(21)10-8-13)27-17(24)15-5-3-4-6-16(15)28-11-20(2)18(25)22-19(26)23-20/h3-10,12H,11H2,1-2H3,(H2,22,23,25,26)/t12-,20-/m1/s1. The van der Waals surface area contributed by atoms with Gasteiger partial charge in [-0.15, -0.1) is 11.8 Å². The highest BCUT2D eigenvalue weighted by Gasteiger charge is 2.42. The molecule has 2 aromatic rings. The monoisotopic (exact) mass is 402 g/mol. The highest BCUT2D eigenvalue weighted by atomic mass is 32.2. The Kier molecular flexibility index (Phi) is 5.69. The third kappa shape index (κ3) is 4.33. The Labute approximate surface area is 165 Å². The number of carbonyl (C=O) groups excluding carboxylic acids is 3. The van der Waals surface area contributed by atoms with Crippen molar-refractivity contribution >= 4 is 29.7 Å². The van der Waals surface area contributed by atoms with Gasteiger partial charge in [0.2, 0.25) is 0 Å². The van der Waals surface area contributed by atoms with Gasteiger partial charge in [-0.3, -0.25) is 10.1 Å². The van der Waals surface area contributed by atoms with Crippen LogP contribution in [0, 0.1) is 5.82 Å². The lowest BCUT2D eigenvalue weighted by Gasteiger charge is -2.20. The second kappa shape index (κ2) is 8.02. The highest BCUT2D eigenvalue weighted by Crippen LogP contribution is 2.29. The number of nitrogens with one attached hydrogen (secondary N) is 2. The zero-order chi connectivity index (χ0) is 20.3. The minimum atomic E-state index is -1.06. The van der Waals surface area contributed by atoms with Crippen LogP contribution in [0.15, 0.2) is 53.4 Å². The maximum absolute atomic E-state index is 13.1. The van der Waals surface area contributed by atoms with Crippen LogP contribution in [0.5, 0.6) is 0 Å². The van der Waals surface area contributed by atoms with Crippen LogP contribution in [0.1, 0.15) is 35.9 Å². The first-order chi connectivity index (χ1) is 13.3. The van der Waals surface area contributed by atoms with Gasteiger partial charge in [-0.2, -0.15) is 0 Å². The fraction of sp³-hybridized carbons (Fsp3) is 0.250. The fourth-order valence-corrected chi connectivity index (χ4v) is 3.82. The largest absolute Gasteiger partial charge is 0.454 e. The molecular weight excluding hydrogens is 383 g/mol. The molecule has 2 aromatic carbocycles. The highest BCUT2D eigenvalue weighted by molar-refractivity contribution is 7.99. The zero-order valence-corrected chi connectivity index (χ0v) is 16.1. The minimum Gasteiger partial charge on any atom is -0.454 e. The molecule has 1 fully saturated rings. The van der Waals surface area contributed by atoms with Crippen LogP contribution < -0.4 is 10.6 Å². The summed E-state index contributed by atoms with van der Waals surface area (Å²) in [6.45, 7) is 3.33. The van der Waals surface area contributed by atoms with Gasteiger partial charge in [0, 0.05) is 10.6 Å². The van der Waals surface area contributed by atoms with Crippen molar-refractivity contribution in [2.75, 3.05) is 5.75 Å². The Morgan fingerprint density at radius 3 is 2.50 bits per heavy atom. The van der Waals surface area contributed by atoms with Gasteiger partial charge < -0.3 is 10.1 Å². The van der Waals surface area contributed by atoms with Crippen LogP contribution in [0.3, 0.4) is 0 Å². The van der Waals surface area contributed by atoms with E-state index in [2.05, 4.69) is 10.6 Å². The van der Waals surface area contributed by atoms with Crippen molar-refractivity contribution in [2.45, 2.75) is 30.4 Å². The first kappa shape index (κ1) is 19.9. The van der Waals surface area contributed by atoms with Crippen molar-refractivity contribution in [1.82, 2.24) is 10.6 Å². The van der Waals surface area contributed by atoms with Crippen molar-refractivity contribution in [3.63, 3.8) is 0 Å². The van der Waals surface area contributed by atoms with Crippen LogP contribution in [0.2, 0.25) is 0 Å². The van der Waals surface area contributed by atoms with Crippen molar-refractivity contribution < 1.29 is 23.5 Å². The summed E-state index contributed by atoms with van der Waals surface area (Å²) in [5.41, 5.74) is -0.0206. The third-order valence-corrected chi connectivity index (χ3v) is 5.75. The number of benzene rings is 2. The lowest BCUT2D eigenvalue weighted by atomic mass is 10.1. The van der Waals surface area contributed by atoms with Gasteiger partial charge in [-0.25, -0.2) is 14.0 Å². The molecule has 0 unspecified atom stereocenters. The predicted octanol–water partition coefficient (Wildman–Crippen LogP) is 3.43. The minimum absolute atomic E-state index is 0.252. The fourth-order valence-electron chi connectivity index (χ4n) is 2.69. The SMILES string of the molecule is C[C@@H](OC(=O)c1ccccc1SC[C@@]1(C)NC(=O)NC1=O)c1ccc(F)cc1. The maximum Gasteiger partial charge on any atom is 0.339 e. The van der Waals surface area contributed by atoms with Crippen LogP contribution in [-0.4, -0.2) is 29.2 Å². The second-order valence-electron chi connectivity index (χ2n) is 6.62. The number of esters is 1. The summed E-state index contributed by atoms with van der Waals surface area (Å²) in [5.74, 6) is -1.04. The average molecular weight is 402 g/mol. The molecule has 3 rings (SSSR count). The molecule has 3 amide bonds. The molecule has 0 bridgehead atoms. The van der Waals surface area contributed by atoms with Gasteiger partial charge in [0.1, 0.15) is 17.5 Å². The molecule has 1 aliphatic heterocycles. The van der Waals surface area contributed by atoms with E-state index in [0.717, 1.165) is 0 Å². The molecule has 0 spiro atoms. The van der Waals surface area contributed by atoms with E-state index in [0.29, 0.717) is 16.0 Å². The summed E-state index contributed by atoms with van der Waals surface area (Å²) < 4.78 is 18.6. The number of ether oxygens (including phenoxy) is 1. The van der Waals surface area contributed by atoms with Gasteiger partial charge >= 0.3 is 12.0 Å². The molecule has 0 saturated carbocycles. The molecule has 1 heterocycles. The molecule has 6 nitrogen and oxygen atoms in total. The van der Waals surface area contributed by atoms with E-state index in [1.165, 1.54) is 23.9 Å². The molecule has 0 aromatic heterocycles. The average Bonchev–Trinajstić information content (AvgIpc) is 2.92. The number of carbonyl (C=O) groups is 3. The van der Waals surface area contributed by atoms with E-state index < -0.39 is 29.6 Å². The molecule has 0 radical (unpaired) electrons. The van der Waals surface area contributed by atoms with Crippen LogP contribution in [0.25, 0.3) is 0 Å². The van der Waals surface area contributed by atoms with Gasteiger partial charge in [-0.1, -0.05) is 24.3 Å². The molecule has 28 heavy (non-hydrogen) atoms. The Morgan fingerprint density at radius 2 is 1.86 bits per heavy atom. The smallest absolute Gasteiger partial charge is 0.339 e. The summed E-state index contributed by atoms with van der Waals surface area (Å²) >= 11 is 1.28. The lowest BCUT2D eigenvalue weighted by molar-refractivity contribution is -0.122. The first-order valence-corrected chi connectivity index (χ1v) is 9.59. The van der Waals surface area contributed by atoms with E-state index >= 15 is 0 Å². The summed E-state index contributed by atoms with van der Waals surface area (Å²) in [6, 6.07) is 12.1. The number of imide groups is 1. The summed E-state index contributed by atoms with van der Waals surface area (Å²) in [4.78, 5) is 36.6. The topological polar surface area (TPSA) is 84.5 Å². The number of hydrogen-bond donors (Lipinski definition) is 2. The quantitative estimate of drug-likeness (QED) is 0.439. The molecule has 2 atom stereocenters. The zero-order valence-electron chi connectivity index (χ0n) is 15.3. The molecule has 1 saturated heterocycles.